The van der Waals surface area contributed by atoms with Crippen molar-refractivity contribution >= 4 is 5.91 Å². The average molecular weight is 214 g/mol. The van der Waals surface area contributed by atoms with Crippen LogP contribution in [0.1, 0.15) is 39.5 Å². The molecule has 1 saturated carbocycles. The first-order chi connectivity index (χ1) is 7.03. The summed E-state index contributed by atoms with van der Waals surface area (Å²) in [5, 5.41) is 8.92. The second-order valence-corrected chi connectivity index (χ2v) is 4.62. The molecule has 1 unspecified atom stereocenters. The van der Waals surface area contributed by atoms with Gasteiger partial charge in [-0.3, -0.25) is 4.79 Å². The Kier molecular flexibility index (Phi) is 4.11. The SMILES string of the molecule is CCCC(C)(N)C(=O)N(CCO)C1CC1. The monoisotopic (exact) mass is 214 g/mol. The summed E-state index contributed by atoms with van der Waals surface area (Å²) in [4.78, 5) is 13.9. The van der Waals surface area contributed by atoms with Gasteiger partial charge < -0.3 is 15.7 Å². The van der Waals surface area contributed by atoms with Crippen molar-refractivity contribution < 1.29 is 9.90 Å². The number of amides is 1. The van der Waals surface area contributed by atoms with Gasteiger partial charge in [0.25, 0.3) is 0 Å². The Balaban J connectivity index is 2.61. The molecule has 0 radical (unpaired) electrons. The number of nitrogens with zero attached hydrogens (tertiary/aromatic N) is 1. The van der Waals surface area contributed by atoms with Crippen LogP contribution < -0.4 is 5.73 Å². The van der Waals surface area contributed by atoms with Gasteiger partial charge in [-0.05, 0) is 26.2 Å². The number of rotatable bonds is 6. The van der Waals surface area contributed by atoms with Gasteiger partial charge in [0.1, 0.15) is 0 Å². The predicted octanol–water partition coefficient (Wildman–Crippen LogP) is 0.487. The Bertz CT molecular complexity index is 225. The maximum Gasteiger partial charge on any atom is 0.242 e. The summed E-state index contributed by atoms with van der Waals surface area (Å²) < 4.78 is 0. The van der Waals surface area contributed by atoms with E-state index in [4.69, 9.17) is 10.8 Å². The number of aliphatic hydroxyl groups excluding tert-OH is 1. The van der Waals surface area contributed by atoms with E-state index in [1.54, 1.807) is 11.8 Å². The Hall–Kier alpha value is -0.610. The molecule has 0 aromatic rings. The maximum absolute atomic E-state index is 12.1. The molecular formula is C11H22N2O2. The van der Waals surface area contributed by atoms with Crippen LogP contribution in [0.25, 0.3) is 0 Å². The molecular weight excluding hydrogens is 192 g/mol. The third kappa shape index (κ3) is 3.18. The summed E-state index contributed by atoms with van der Waals surface area (Å²) in [6.07, 6.45) is 3.69. The van der Waals surface area contributed by atoms with Crippen LogP contribution in [0.3, 0.4) is 0 Å². The molecule has 0 bridgehead atoms. The fraction of sp³-hybridized carbons (Fsp3) is 0.909. The lowest BCUT2D eigenvalue weighted by Crippen LogP contribution is -2.54. The highest BCUT2D eigenvalue weighted by Gasteiger charge is 2.39. The molecule has 1 aliphatic carbocycles. The van der Waals surface area contributed by atoms with E-state index in [0.29, 0.717) is 19.0 Å². The molecule has 0 aromatic heterocycles. The topological polar surface area (TPSA) is 66.6 Å². The highest BCUT2D eigenvalue weighted by atomic mass is 16.3. The molecule has 0 aliphatic heterocycles. The van der Waals surface area contributed by atoms with Gasteiger partial charge in [-0.25, -0.2) is 0 Å². The van der Waals surface area contributed by atoms with Gasteiger partial charge in [0.2, 0.25) is 5.91 Å². The van der Waals surface area contributed by atoms with Crippen LogP contribution in [0, 0.1) is 0 Å². The molecule has 0 aromatic carbocycles. The van der Waals surface area contributed by atoms with E-state index < -0.39 is 5.54 Å². The summed E-state index contributed by atoms with van der Waals surface area (Å²) >= 11 is 0. The van der Waals surface area contributed by atoms with Gasteiger partial charge in [0.15, 0.2) is 0 Å². The van der Waals surface area contributed by atoms with Crippen LogP contribution in [-0.2, 0) is 4.79 Å². The van der Waals surface area contributed by atoms with Crippen molar-refractivity contribution in [3.8, 4) is 0 Å². The van der Waals surface area contributed by atoms with Gasteiger partial charge in [-0.2, -0.15) is 0 Å². The first-order valence-electron chi connectivity index (χ1n) is 5.73. The Labute approximate surface area is 91.4 Å². The van der Waals surface area contributed by atoms with Gasteiger partial charge in [0.05, 0.1) is 12.1 Å². The summed E-state index contributed by atoms with van der Waals surface area (Å²) in [5.41, 5.74) is 5.22. The van der Waals surface area contributed by atoms with Gasteiger partial charge in [0, 0.05) is 12.6 Å². The quantitative estimate of drug-likeness (QED) is 0.676. The smallest absolute Gasteiger partial charge is 0.242 e. The van der Waals surface area contributed by atoms with E-state index in [2.05, 4.69) is 0 Å². The zero-order chi connectivity index (χ0) is 11.5. The van der Waals surface area contributed by atoms with Gasteiger partial charge in [-0.15, -0.1) is 0 Å². The Morgan fingerprint density at radius 1 is 1.60 bits per heavy atom. The highest BCUT2D eigenvalue weighted by Crippen LogP contribution is 2.28. The first kappa shape index (κ1) is 12.5. The lowest BCUT2D eigenvalue weighted by Gasteiger charge is -2.31. The minimum absolute atomic E-state index is 0.0131. The molecule has 1 atom stereocenters. The fourth-order valence-electron chi connectivity index (χ4n) is 1.90. The van der Waals surface area contributed by atoms with Crippen LogP contribution in [0.15, 0.2) is 0 Å². The minimum atomic E-state index is -0.771. The lowest BCUT2D eigenvalue weighted by molar-refractivity contribution is -0.137. The van der Waals surface area contributed by atoms with Crippen molar-refractivity contribution in [1.29, 1.82) is 0 Å². The van der Waals surface area contributed by atoms with Crippen molar-refractivity contribution in [1.82, 2.24) is 4.90 Å². The Morgan fingerprint density at radius 2 is 2.20 bits per heavy atom. The van der Waals surface area contributed by atoms with Gasteiger partial charge in [-0.1, -0.05) is 13.3 Å². The molecule has 1 aliphatic rings. The number of nitrogens with two attached hydrogens (primary N) is 1. The second kappa shape index (κ2) is 4.94. The van der Waals surface area contributed by atoms with Crippen molar-refractivity contribution in [2.24, 2.45) is 5.73 Å². The minimum Gasteiger partial charge on any atom is -0.395 e. The summed E-state index contributed by atoms with van der Waals surface area (Å²) in [6, 6.07) is 0.324. The lowest BCUT2D eigenvalue weighted by atomic mass is 9.95. The number of hydrogen-bond donors (Lipinski definition) is 2. The van der Waals surface area contributed by atoms with E-state index in [1.165, 1.54) is 0 Å². The summed E-state index contributed by atoms with van der Waals surface area (Å²) in [6.45, 7) is 4.24. The number of aliphatic hydroxyl groups is 1. The van der Waals surface area contributed by atoms with Crippen LogP contribution in [0.5, 0.6) is 0 Å². The molecule has 1 fully saturated rings. The van der Waals surface area contributed by atoms with Crippen molar-refractivity contribution in [2.75, 3.05) is 13.2 Å². The van der Waals surface area contributed by atoms with E-state index in [1.807, 2.05) is 6.92 Å². The van der Waals surface area contributed by atoms with Crippen molar-refractivity contribution in [3.05, 3.63) is 0 Å². The number of carbonyl (C=O) groups is 1. The normalized spacial score (nSPS) is 19.7. The van der Waals surface area contributed by atoms with Crippen LogP contribution in [0.2, 0.25) is 0 Å². The third-order valence-electron chi connectivity index (χ3n) is 2.85. The van der Waals surface area contributed by atoms with Crippen molar-refractivity contribution in [2.45, 2.75) is 51.1 Å². The van der Waals surface area contributed by atoms with Crippen LogP contribution >= 0.6 is 0 Å². The molecule has 1 amide bonds. The van der Waals surface area contributed by atoms with Crippen LogP contribution in [0.4, 0.5) is 0 Å². The van der Waals surface area contributed by atoms with Crippen LogP contribution in [-0.4, -0.2) is 40.6 Å². The standard InChI is InChI=1S/C11H22N2O2/c1-3-6-11(2,12)10(15)13(7-8-14)9-4-5-9/h9,14H,3-8,12H2,1-2H3. The molecule has 0 heterocycles. The van der Waals surface area contributed by atoms with E-state index in [9.17, 15) is 4.79 Å². The molecule has 3 N–H and O–H groups in total. The first-order valence-corrected chi connectivity index (χ1v) is 5.73. The molecule has 1 rings (SSSR count). The third-order valence-corrected chi connectivity index (χ3v) is 2.85. The molecule has 4 nitrogen and oxygen atoms in total. The molecule has 0 saturated heterocycles. The van der Waals surface area contributed by atoms with E-state index in [-0.39, 0.29) is 12.5 Å². The number of carbonyl (C=O) groups excluding carboxylic acids is 1. The number of hydrogen-bond acceptors (Lipinski definition) is 3. The summed E-state index contributed by atoms with van der Waals surface area (Å²) in [5.74, 6) is -0.0131. The van der Waals surface area contributed by atoms with E-state index >= 15 is 0 Å². The van der Waals surface area contributed by atoms with E-state index in [0.717, 1.165) is 19.3 Å². The molecule has 15 heavy (non-hydrogen) atoms. The molecule has 4 heteroatoms. The zero-order valence-corrected chi connectivity index (χ0v) is 9.70. The Morgan fingerprint density at radius 3 is 2.60 bits per heavy atom. The van der Waals surface area contributed by atoms with Gasteiger partial charge >= 0.3 is 0 Å². The zero-order valence-electron chi connectivity index (χ0n) is 9.70. The fourth-order valence-corrected chi connectivity index (χ4v) is 1.90. The second-order valence-electron chi connectivity index (χ2n) is 4.62. The molecule has 0 spiro atoms. The maximum atomic E-state index is 12.1. The molecule has 88 valence electrons. The van der Waals surface area contributed by atoms with Crippen molar-refractivity contribution in [3.63, 3.8) is 0 Å². The average Bonchev–Trinajstić information content (AvgIpc) is 2.96. The largest absolute Gasteiger partial charge is 0.395 e. The predicted molar refractivity (Wildman–Crippen MR) is 59.3 cm³/mol. The summed E-state index contributed by atoms with van der Waals surface area (Å²) in [7, 11) is 0. The highest BCUT2D eigenvalue weighted by molar-refractivity contribution is 5.86.